The van der Waals surface area contributed by atoms with E-state index in [-0.39, 0.29) is 24.7 Å². The Morgan fingerprint density at radius 3 is 1.63 bits per heavy atom. The molecule has 0 saturated carbocycles. The number of carbonyl (C=O) groups is 4. The van der Waals surface area contributed by atoms with E-state index in [1.54, 1.807) is 13.8 Å². The number of ether oxygens (including phenoxy) is 2. The molecule has 0 aliphatic carbocycles. The number of esters is 1. The number of aliphatic hydroxyl groups is 1. The first-order valence-electron chi connectivity index (χ1n) is 11.7. The van der Waals surface area contributed by atoms with Gasteiger partial charge in [0.1, 0.15) is 11.6 Å². The highest BCUT2D eigenvalue weighted by Gasteiger charge is 2.38. The smallest absolute Gasteiger partial charge is 0.377 e. The molecule has 1 saturated heterocycles. The number of cyclic esters (lactones) is 1. The van der Waals surface area contributed by atoms with Crippen LogP contribution in [0.25, 0.3) is 0 Å². The molecule has 12 nitrogen and oxygen atoms in total. The molecule has 1 aliphatic heterocycles. The van der Waals surface area contributed by atoms with Gasteiger partial charge in [-0.1, -0.05) is 24.3 Å². The largest absolute Gasteiger partial charge is 0.502 e. The molecule has 220 valence electrons. The predicted molar refractivity (Wildman–Crippen MR) is 136 cm³/mol. The molecular weight excluding hydrogens is 550 g/mol. The molecule has 1 aliphatic rings. The van der Waals surface area contributed by atoms with Crippen molar-refractivity contribution in [2.24, 2.45) is 0 Å². The predicted octanol–water partition coefficient (Wildman–Crippen LogP) is 3.15. The first kappa shape index (κ1) is 32.4. The molecule has 41 heavy (non-hydrogen) atoms. The third kappa shape index (κ3) is 10.3. The average Bonchev–Trinajstić information content (AvgIpc) is 3.18. The molecule has 0 radical (unpaired) electrons. The van der Waals surface area contributed by atoms with E-state index in [2.05, 4.69) is 0 Å². The van der Waals surface area contributed by atoms with Crippen LogP contribution in [0, 0.1) is 11.6 Å². The van der Waals surface area contributed by atoms with Gasteiger partial charge in [-0.05, 0) is 35.4 Å². The van der Waals surface area contributed by atoms with Crippen molar-refractivity contribution in [1.82, 2.24) is 10.1 Å². The molecule has 2 aromatic rings. The monoisotopic (exact) mass is 578 g/mol. The van der Waals surface area contributed by atoms with Crippen LogP contribution in [-0.2, 0) is 51.4 Å². The third-order valence-corrected chi connectivity index (χ3v) is 5.04. The summed E-state index contributed by atoms with van der Waals surface area (Å²) in [7, 11) is 2.53. The summed E-state index contributed by atoms with van der Waals surface area (Å²) in [5.41, 5.74) is 1.25. The van der Waals surface area contributed by atoms with E-state index >= 15 is 0 Å². The number of carboxylic acids is 1. The first-order valence-corrected chi connectivity index (χ1v) is 11.7. The minimum Gasteiger partial charge on any atom is -0.502 e. The fourth-order valence-corrected chi connectivity index (χ4v) is 3.10. The Morgan fingerprint density at radius 1 is 0.829 bits per heavy atom. The van der Waals surface area contributed by atoms with Gasteiger partial charge in [0.05, 0.1) is 39.5 Å². The summed E-state index contributed by atoms with van der Waals surface area (Å²) in [5.74, 6) is -6.92. The summed E-state index contributed by atoms with van der Waals surface area (Å²) in [6.45, 7) is 3.20. The summed E-state index contributed by atoms with van der Waals surface area (Å²) >= 11 is 0. The zero-order chi connectivity index (χ0) is 30.7. The fourth-order valence-electron chi connectivity index (χ4n) is 3.10. The molecule has 0 bridgehead atoms. The Labute approximate surface area is 233 Å². The molecular formula is C27H28F2N2O10. The number of hydroxylamine groups is 4. The van der Waals surface area contributed by atoms with Gasteiger partial charge in [0.2, 0.25) is 17.3 Å². The number of halogens is 2. The maximum absolute atomic E-state index is 12.9. The van der Waals surface area contributed by atoms with E-state index in [1.807, 2.05) is 0 Å². The highest BCUT2D eigenvalue weighted by molar-refractivity contribution is 5.97. The highest BCUT2D eigenvalue weighted by Crippen LogP contribution is 2.26. The lowest BCUT2D eigenvalue weighted by Gasteiger charge is -2.18. The van der Waals surface area contributed by atoms with Crippen LogP contribution in [0.5, 0.6) is 0 Å². The molecule has 14 heteroatoms. The van der Waals surface area contributed by atoms with Crippen molar-refractivity contribution in [3.05, 3.63) is 95.0 Å². The molecule has 2 aromatic carbocycles. The van der Waals surface area contributed by atoms with Gasteiger partial charge in [-0.2, -0.15) is 0 Å². The molecule has 1 fully saturated rings. The lowest BCUT2D eigenvalue weighted by atomic mass is 10.2. The first-order chi connectivity index (χ1) is 19.2. The summed E-state index contributed by atoms with van der Waals surface area (Å²) in [4.78, 5) is 55.4. The molecule has 1 heterocycles. The number of hydrogen-bond donors (Lipinski definition) is 2. The lowest BCUT2D eigenvalue weighted by molar-refractivity contribution is -0.174. The van der Waals surface area contributed by atoms with Gasteiger partial charge < -0.3 is 19.7 Å². The zero-order valence-corrected chi connectivity index (χ0v) is 22.5. The molecule has 2 amide bonds. The summed E-state index contributed by atoms with van der Waals surface area (Å²) in [5, 5.41) is 19.2. The summed E-state index contributed by atoms with van der Waals surface area (Å²) in [6.07, 6.45) is 1.53. The zero-order valence-electron chi connectivity index (χ0n) is 22.5. The number of aliphatic hydroxyl groups excluding tert-OH is 1. The van der Waals surface area contributed by atoms with Crippen LogP contribution >= 0.6 is 0 Å². The van der Waals surface area contributed by atoms with Crippen molar-refractivity contribution in [3.63, 3.8) is 0 Å². The van der Waals surface area contributed by atoms with Crippen LogP contribution < -0.4 is 0 Å². The summed E-state index contributed by atoms with van der Waals surface area (Å²) in [6, 6.07) is 11.0. The summed E-state index contributed by atoms with van der Waals surface area (Å²) < 4.78 is 35.7. The van der Waals surface area contributed by atoms with Crippen LogP contribution in [-0.4, -0.2) is 64.1 Å². The number of rotatable bonds is 9. The van der Waals surface area contributed by atoms with E-state index in [4.69, 9.17) is 29.4 Å². The van der Waals surface area contributed by atoms with Gasteiger partial charge in [-0.15, -0.1) is 0 Å². The number of hydrogen-bond acceptors (Lipinski definition) is 9. The standard InChI is InChI=1S/C15H16FNO5.C12H12FNO5/c1-15(2)21-12(14(19)22-15)8-13(18)17(20-3)9-10-4-6-11(16)7-5-10;1-19-14(11(16)6-10(15)12(17)18)7-8-2-4-9(13)5-3-8/h4-8H,9H2,1-3H3;2-6,15H,7H2,1H3,(H,17,18)/b12-8-;10-6-. The van der Waals surface area contributed by atoms with Gasteiger partial charge in [-0.3, -0.25) is 19.3 Å². The Morgan fingerprint density at radius 2 is 1.27 bits per heavy atom. The second-order valence-corrected chi connectivity index (χ2v) is 8.60. The normalized spacial score (nSPS) is 14.8. The molecule has 0 unspecified atom stereocenters. The molecule has 0 spiro atoms. The topological polar surface area (TPSA) is 152 Å². The molecule has 2 N–H and O–H groups in total. The van der Waals surface area contributed by atoms with E-state index < -0.39 is 41.1 Å². The van der Waals surface area contributed by atoms with Crippen molar-refractivity contribution in [3.8, 4) is 0 Å². The van der Waals surface area contributed by atoms with Gasteiger partial charge >= 0.3 is 11.9 Å². The SMILES string of the molecule is CON(Cc1ccc(F)cc1)C(=O)/C=C(\O)C(=O)O.CON(Cc1ccc(F)cc1)C(=O)/C=C1\OC(C)(C)OC1=O. The van der Waals surface area contributed by atoms with Crippen LogP contribution in [0.3, 0.4) is 0 Å². The second-order valence-electron chi connectivity index (χ2n) is 8.60. The van der Waals surface area contributed by atoms with Gasteiger partial charge in [-0.25, -0.2) is 28.5 Å². The molecule has 0 atom stereocenters. The lowest BCUT2D eigenvalue weighted by Crippen LogP contribution is -2.28. The third-order valence-electron chi connectivity index (χ3n) is 5.04. The molecule has 3 rings (SSSR count). The number of carboxylic acid groups (broad SMARTS) is 1. The number of carbonyl (C=O) groups excluding carboxylic acids is 3. The quantitative estimate of drug-likeness (QED) is 0.196. The van der Waals surface area contributed by atoms with Crippen molar-refractivity contribution in [2.45, 2.75) is 32.7 Å². The van der Waals surface area contributed by atoms with Crippen molar-refractivity contribution < 1.29 is 57.3 Å². The average molecular weight is 579 g/mol. The fraction of sp³-hybridized carbons (Fsp3) is 0.259. The van der Waals surface area contributed by atoms with Crippen LogP contribution in [0.1, 0.15) is 25.0 Å². The van der Waals surface area contributed by atoms with Crippen molar-refractivity contribution in [1.29, 1.82) is 0 Å². The maximum Gasteiger partial charge on any atom is 0.377 e. The Balaban J connectivity index is 0.000000290. The minimum absolute atomic E-state index is 0.0149. The van der Waals surface area contributed by atoms with Gasteiger partial charge in [0.15, 0.2) is 0 Å². The number of benzene rings is 2. The Kier molecular flexibility index (Phi) is 11.5. The highest BCUT2D eigenvalue weighted by atomic mass is 19.1. The number of nitrogens with zero attached hydrogens (tertiary/aromatic N) is 2. The Bertz CT molecular complexity index is 1310. The maximum atomic E-state index is 12.9. The minimum atomic E-state index is -1.62. The van der Waals surface area contributed by atoms with Gasteiger partial charge in [0, 0.05) is 13.8 Å². The number of amides is 2. The van der Waals surface area contributed by atoms with E-state index in [0.717, 1.165) is 16.2 Å². The molecule has 0 aromatic heterocycles. The Hall–Kier alpha value is -4.82. The van der Waals surface area contributed by atoms with Gasteiger partial charge in [0.25, 0.3) is 11.8 Å². The van der Waals surface area contributed by atoms with E-state index in [9.17, 15) is 28.0 Å². The van der Waals surface area contributed by atoms with E-state index in [1.165, 1.54) is 62.8 Å². The van der Waals surface area contributed by atoms with Crippen molar-refractivity contribution >= 4 is 23.8 Å². The number of aliphatic carboxylic acids is 1. The van der Waals surface area contributed by atoms with Crippen LogP contribution in [0.2, 0.25) is 0 Å². The second kappa shape index (κ2) is 14.5. The van der Waals surface area contributed by atoms with E-state index in [0.29, 0.717) is 17.2 Å². The van der Waals surface area contributed by atoms with Crippen LogP contribution in [0.4, 0.5) is 8.78 Å². The van der Waals surface area contributed by atoms with Crippen LogP contribution in [0.15, 0.2) is 72.2 Å². The van der Waals surface area contributed by atoms with Crippen molar-refractivity contribution in [2.75, 3.05) is 14.2 Å².